The second kappa shape index (κ2) is 19.7. The first-order chi connectivity index (χ1) is 26.8. The average molecular weight is 773 g/mol. The van der Waals surface area contributed by atoms with Crippen molar-refractivity contribution in [1.82, 2.24) is 30.6 Å². The quantitative estimate of drug-likeness (QED) is 0.106. The van der Waals surface area contributed by atoms with Crippen LogP contribution in [0.15, 0.2) is 97.3 Å². The van der Waals surface area contributed by atoms with Gasteiger partial charge < -0.3 is 24.8 Å². The number of aromatic nitrogens is 4. The molecule has 0 aliphatic heterocycles. The molecule has 0 radical (unpaired) electrons. The van der Waals surface area contributed by atoms with Crippen molar-refractivity contribution in [3.8, 4) is 0 Å². The molecule has 0 atom stereocenters. The second-order valence-corrected chi connectivity index (χ2v) is 13.8. The minimum absolute atomic E-state index is 0. The summed E-state index contributed by atoms with van der Waals surface area (Å²) in [7, 11) is 2.72. The number of nitrogens with zero attached hydrogens (tertiary/aromatic N) is 4. The van der Waals surface area contributed by atoms with Gasteiger partial charge in [-0.05, 0) is 92.6 Å². The van der Waals surface area contributed by atoms with Crippen molar-refractivity contribution < 1.29 is 33.4 Å². The predicted molar refractivity (Wildman–Crippen MR) is 218 cm³/mol. The van der Waals surface area contributed by atoms with Crippen LogP contribution in [0, 0.1) is 0 Å². The molecule has 0 bridgehead atoms. The Kier molecular flexibility index (Phi) is 14.9. The van der Waals surface area contributed by atoms with Crippen molar-refractivity contribution in [2.45, 2.75) is 66.7 Å². The molecule has 2 amide bonds. The highest BCUT2D eigenvalue weighted by Gasteiger charge is 2.16. The highest BCUT2D eigenvalue weighted by atomic mass is 16.6. The van der Waals surface area contributed by atoms with E-state index in [1.165, 1.54) is 21.1 Å². The van der Waals surface area contributed by atoms with Gasteiger partial charge in [-0.3, -0.25) is 24.7 Å². The summed E-state index contributed by atoms with van der Waals surface area (Å²) in [4.78, 5) is 63.9. The Labute approximate surface area is 332 Å². The lowest BCUT2D eigenvalue weighted by Gasteiger charge is -2.19. The van der Waals surface area contributed by atoms with Gasteiger partial charge in [0.15, 0.2) is 0 Å². The van der Waals surface area contributed by atoms with Crippen LogP contribution in [0.4, 0.5) is 4.79 Å². The van der Waals surface area contributed by atoms with Crippen LogP contribution in [0.25, 0.3) is 21.8 Å². The van der Waals surface area contributed by atoms with E-state index in [0.29, 0.717) is 30.5 Å². The minimum atomic E-state index is -0.539. The zero-order valence-electron chi connectivity index (χ0n) is 32.2. The van der Waals surface area contributed by atoms with Crippen LogP contribution in [-0.2, 0) is 44.9 Å². The molecule has 0 aliphatic carbocycles. The van der Waals surface area contributed by atoms with Gasteiger partial charge >= 0.3 is 18.0 Å². The third-order valence-corrected chi connectivity index (χ3v) is 8.20. The predicted octanol–water partition coefficient (Wildman–Crippen LogP) is 7.31. The minimum Gasteiger partial charge on any atom is -0.465 e. The highest BCUT2D eigenvalue weighted by Crippen LogP contribution is 2.20. The molecule has 0 spiro atoms. The molecule has 6 aromatic rings. The number of carbonyl (C=O) groups excluding carboxylic acids is 4. The van der Waals surface area contributed by atoms with E-state index < -0.39 is 11.7 Å². The number of pyridine rings is 4. The lowest BCUT2D eigenvalue weighted by molar-refractivity contribution is -0.119. The van der Waals surface area contributed by atoms with Crippen LogP contribution in [0.1, 0.15) is 89.7 Å². The van der Waals surface area contributed by atoms with Crippen molar-refractivity contribution in [2.24, 2.45) is 0 Å². The Morgan fingerprint density at radius 1 is 0.596 bits per heavy atom. The Morgan fingerprint density at radius 2 is 1.05 bits per heavy atom. The first-order valence-corrected chi connectivity index (χ1v) is 17.8. The van der Waals surface area contributed by atoms with Crippen LogP contribution in [0.3, 0.4) is 0 Å². The number of hydrogen-bond acceptors (Lipinski definition) is 11. The van der Waals surface area contributed by atoms with Gasteiger partial charge in [0.05, 0.1) is 60.9 Å². The lowest BCUT2D eigenvalue weighted by Crippen LogP contribution is -2.32. The van der Waals surface area contributed by atoms with Gasteiger partial charge in [-0.1, -0.05) is 31.7 Å². The molecule has 296 valence electrons. The largest absolute Gasteiger partial charge is 0.465 e. The van der Waals surface area contributed by atoms with Crippen molar-refractivity contribution in [2.75, 3.05) is 14.2 Å². The van der Waals surface area contributed by atoms with E-state index in [-0.39, 0.29) is 31.8 Å². The van der Waals surface area contributed by atoms with Gasteiger partial charge in [0.1, 0.15) is 5.60 Å². The summed E-state index contributed by atoms with van der Waals surface area (Å²) < 4.78 is 14.7. The van der Waals surface area contributed by atoms with Gasteiger partial charge in [-0.2, -0.15) is 0 Å². The molecule has 13 heteroatoms. The smallest absolute Gasteiger partial charge is 0.407 e. The summed E-state index contributed by atoms with van der Waals surface area (Å²) in [5.41, 5.74) is 7.39. The summed E-state index contributed by atoms with van der Waals surface area (Å²) in [5.74, 6) is -0.833. The molecule has 2 N–H and O–H groups in total. The fraction of sp³-hybridized carbons (Fsp3) is 0.273. The molecule has 0 saturated carbocycles. The highest BCUT2D eigenvalue weighted by molar-refractivity contribution is 5.90. The molecule has 0 saturated heterocycles. The SMILES string of the molecule is C.COC(=O)c1ccnc(Cc2ccc3nc(CNC(=O)OC(C)(C)C)ccc3c2)c1.COC(=O)c1ccnc(Cc2ccc3nc(CNC(C)=O)ccc3c2)c1. The van der Waals surface area contributed by atoms with Crippen LogP contribution in [0.2, 0.25) is 0 Å². The van der Waals surface area contributed by atoms with Crippen molar-refractivity contribution >= 4 is 45.7 Å². The average Bonchev–Trinajstić information content (AvgIpc) is 3.18. The van der Waals surface area contributed by atoms with Crippen LogP contribution < -0.4 is 10.6 Å². The lowest BCUT2D eigenvalue weighted by atomic mass is 10.0. The summed E-state index contributed by atoms with van der Waals surface area (Å²) in [5, 5.41) is 7.45. The first kappa shape index (κ1) is 43.0. The number of hydrogen-bond donors (Lipinski definition) is 2. The molecule has 0 fully saturated rings. The third-order valence-electron chi connectivity index (χ3n) is 8.20. The number of ether oxygens (including phenoxy) is 3. The summed E-state index contributed by atoms with van der Waals surface area (Å²) in [6.07, 6.45) is 3.94. The Bertz CT molecular complexity index is 2370. The number of rotatable bonds is 10. The van der Waals surface area contributed by atoms with E-state index >= 15 is 0 Å². The van der Waals surface area contributed by atoms with Gasteiger partial charge in [0.25, 0.3) is 0 Å². The van der Waals surface area contributed by atoms with Gasteiger partial charge in [-0.25, -0.2) is 14.4 Å². The number of fused-ring (bicyclic) bond motifs is 2. The molecule has 0 unspecified atom stereocenters. The molecule has 6 rings (SSSR count). The number of methoxy groups -OCH3 is 2. The van der Waals surface area contributed by atoms with E-state index in [2.05, 4.69) is 36.6 Å². The molecular weight excluding hydrogens is 725 g/mol. The number of esters is 2. The Hall–Kier alpha value is -6.76. The van der Waals surface area contributed by atoms with Crippen LogP contribution in [0.5, 0.6) is 0 Å². The van der Waals surface area contributed by atoms with E-state index in [0.717, 1.165) is 55.7 Å². The molecule has 4 heterocycles. The second-order valence-electron chi connectivity index (χ2n) is 13.8. The van der Waals surface area contributed by atoms with Crippen LogP contribution in [-0.4, -0.2) is 63.7 Å². The first-order valence-electron chi connectivity index (χ1n) is 17.8. The van der Waals surface area contributed by atoms with Crippen molar-refractivity contribution in [3.63, 3.8) is 0 Å². The molecule has 2 aromatic carbocycles. The van der Waals surface area contributed by atoms with Crippen molar-refractivity contribution in [3.05, 3.63) is 142 Å². The Balaban J connectivity index is 0.000000251. The third kappa shape index (κ3) is 12.9. The van der Waals surface area contributed by atoms with Crippen molar-refractivity contribution in [1.29, 1.82) is 0 Å². The summed E-state index contributed by atoms with van der Waals surface area (Å²) in [6.45, 7) is 7.64. The topological polar surface area (TPSA) is 172 Å². The maximum atomic E-state index is 11.8. The Morgan fingerprint density at radius 3 is 1.47 bits per heavy atom. The monoisotopic (exact) mass is 772 g/mol. The maximum Gasteiger partial charge on any atom is 0.407 e. The number of nitrogens with one attached hydrogen (secondary N) is 2. The standard InChI is InChI=1S/C23H25N3O4.C20H19N3O3.CH4/c1-23(2,3)30-22(28)25-14-18-7-6-16-11-15(5-8-20(16)26-18)12-19-13-17(9-10-24-19)21(27)29-4;1-13(24)22-12-17-5-4-15-9-14(3-6-19(15)23-17)10-18-11-16(7-8-21-18)20(25)26-2;/h5-11,13H,12,14H2,1-4H3,(H,25,28);3-9,11H,10,12H2,1-2H3,(H,22,24);1H4. The molecule has 0 aliphatic rings. The van der Waals surface area contributed by atoms with Gasteiger partial charge in [-0.15, -0.1) is 0 Å². The number of amides is 2. The molecule has 57 heavy (non-hydrogen) atoms. The molecule has 4 aromatic heterocycles. The fourth-order valence-electron chi connectivity index (χ4n) is 5.60. The zero-order chi connectivity index (χ0) is 40.2. The van der Waals surface area contributed by atoms with Gasteiger partial charge in [0.2, 0.25) is 5.91 Å². The molecular formula is C44H48N6O7. The van der Waals surface area contributed by atoms with Gasteiger partial charge in [0, 0.05) is 54.3 Å². The molecule has 13 nitrogen and oxygen atoms in total. The number of alkyl carbamates (subject to hydrolysis) is 1. The zero-order valence-corrected chi connectivity index (χ0v) is 32.2. The fourth-order valence-corrected chi connectivity index (χ4v) is 5.60. The number of benzene rings is 2. The number of carbonyl (C=O) groups is 4. The van der Waals surface area contributed by atoms with E-state index in [9.17, 15) is 19.2 Å². The van der Waals surface area contributed by atoms with E-state index in [1.54, 1.807) is 36.7 Å². The van der Waals surface area contributed by atoms with Crippen LogP contribution >= 0.6 is 0 Å². The summed E-state index contributed by atoms with van der Waals surface area (Å²) in [6, 6.07) is 26.4. The normalized spacial score (nSPS) is 10.7. The summed E-state index contributed by atoms with van der Waals surface area (Å²) >= 11 is 0. The maximum absolute atomic E-state index is 11.8. The van der Waals surface area contributed by atoms with E-state index in [4.69, 9.17) is 14.2 Å². The van der Waals surface area contributed by atoms with E-state index in [1.807, 2.05) is 75.4 Å².